The molecule has 16 heavy (non-hydrogen) atoms. The Morgan fingerprint density at radius 3 is 2.62 bits per heavy atom. The number of hydrogen-bond acceptors (Lipinski definition) is 1. The Morgan fingerprint density at radius 1 is 1.31 bits per heavy atom. The van der Waals surface area contributed by atoms with Gasteiger partial charge in [-0.3, -0.25) is 0 Å². The molecule has 1 aliphatic carbocycles. The SMILES string of the molecule is C/C1=C\CC[C@H](C)[C@H](O)C[C@@H](C(C)C)CC1. The molecule has 0 fully saturated rings. The van der Waals surface area contributed by atoms with Crippen molar-refractivity contribution in [2.24, 2.45) is 17.8 Å². The zero-order valence-electron chi connectivity index (χ0n) is 11.4. The Labute approximate surface area is 101 Å². The zero-order valence-corrected chi connectivity index (χ0v) is 11.4. The molecule has 0 saturated heterocycles. The van der Waals surface area contributed by atoms with Gasteiger partial charge in [0.1, 0.15) is 0 Å². The Kier molecular flexibility index (Phi) is 5.54. The lowest BCUT2D eigenvalue weighted by Gasteiger charge is -2.28. The van der Waals surface area contributed by atoms with E-state index in [1.807, 2.05) is 0 Å². The van der Waals surface area contributed by atoms with Gasteiger partial charge in [-0.2, -0.15) is 0 Å². The molecular formula is C15H28O. The van der Waals surface area contributed by atoms with Gasteiger partial charge in [0.2, 0.25) is 0 Å². The van der Waals surface area contributed by atoms with Crippen LogP contribution in [0.25, 0.3) is 0 Å². The highest BCUT2D eigenvalue weighted by Crippen LogP contribution is 2.29. The third kappa shape index (κ3) is 4.29. The van der Waals surface area contributed by atoms with Crippen molar-refractivity contribution in [3.63, 3.8) is 0 Å². The summed E-state index contributed by atoms with van der Waals surface area (Å²) in [7, 11) is 0. The molecule has 3 atom stereocenters. The maximum absolute atomic E-state index is 10.2. The lowest BCUT2D eigenvalue weighted by Crippen LogP contribution is -2.24. The number of rotatable bonds is 1. The number of aliphatic hydroxyl groups excluding tert-OH is 1. The molecule has 0 saturated carbocycles. The molecule has 1 heteroatoms. The van der Waals surface area contributed by atoms with Crippen LogP contribution in [0.5, 0.6) is 0 Å². The highest BCUT2D eigenvalue weighted by atomic mass is 16.3. The van der Waals surface area contributed by atoms with Gasteiger partial charge in [-0.25, -0.2) is 0 Å². The monoisotopic (exact) mass is 224 g/mol. The van der Waals surface area contributed by atoms with Crippen LogP contribution < -0.4 is 0 Å². The standard InChI is InChI=1S/C15H28O/c1-11(2)14-9-8-12(3)6-5-7-13(4)15(16)10-14/h6,11,13-16H,5,7-10H2,1-4H3/b12-6+/t13-,14-,15+/m0/s1. The molecule has 0 radical (unpaired) electrons. The lowest BCUT2D eigenvalue weighted by atomic mass is 9.81. The molecule has 0 aliphatic heterocycles. The van der Waals surface area contributed by atoms with Crippen molar-refractivity contribution >= 4 is 0 Å². The van der Waals surface area contributed by atoms with Crippen LogP contribution in [0.1, 0.15) is 59.8 Å². The first kappa shape index (κ1) is 13.8. The molecule has 0 heterocycles. The number of allylic oxidation sites excluding steroid dienone is 2. The van der Waals surface area contributed by atoms with Crippen molar-refractivity contribution in [2.75, 3.05) is 0 Å². The Balaban J connectivity index is 2.68. The molecule has 0 unspecified atom stereocenters. The Morgan fingerprint density at radius 2 is 2.00 bits per heavy atom. The summed E-state index contributed by atoms with van der Waals surface area (Å²) in [5, 5.41) is 10.2. The molecule has 1 N–H and O–H groups in total. The fourth-order valence-electron chi connectivity index (χ4n) is 2.57. The van der Waals surface area contributed by atoms with Crippen LogP contribution >= 0.6 is 0 Å². The summed E-state index contributed by atoms with van der Waals surface area (Å²) in [6, 6.07) is 0. The van der Waals surface area contributed by atoms with Crippen molar-refractivity contribution in [1.82, 2.24) is 0 Å². The minimum atomic E-state index is -0.0980. The van der Waals surface area contributed by atoms with Crippen molar-refractivity contribution in [3.8, 4) is 0 Å². The van der Waals surface area contributed by atoms with E-state index in [2.05, 4.69) is 33.8 Å². The summed E-state index contributed by atoms with van der Waals surface area (Å²) in [6.45, 7) is 9.01. The van der Waals surface area contributed by atoms with E-state index in [9.17, 15) is 5.11 Å². The van der Waals surface area contributed by atoms with Crippen molar-refractivity contribution < 1.29 is 5.11 Å². The molecule has 94 valence electrons. The predicted molar refractivity (Wildman–Crippen MR) is 70.3 cm³/mol. The highest BCUT2D eigenvalue weighted by Gasteiger charge is 2.22. The molecule has 0 aromatic rings. The first-order valence-electron chi connectivity index (χ1n) is 6.84. The number of hydrogen-bond donors (Lipinski definition) is 1. The van der Waals surface area contributed by atoms with Gasteiger partial charge in [-0.1, -0.05) is 32.4 Å². The third-order valence-corrected chi connectivity index (χ3v) is 4.17. The minimum absolute atomic E-state index is 0.0980. The maximum atomic E-state index is 10.2. The van der Waals surface area contributed by atoms with Gasteiger partial charge in [0.15, 0.2) is 0 Å². The molecule has 1 nitrogen and oxygen atoms in total. The fourth-order valence-corrected chi connectivity index (χ4v) is 2.57. The van der Waals surface area contributed by atoms with Gasteiger partial charge in [0, 0.05) is 0 Å². The van der Waals surface area contributed by atoms with E-state index in [0.717, 1.165) is 19.3 Å². The van der Waals surface area contributed by atoms with E-state index >= 15 is 0 Å². The van der Waals surface area contributed by atoms with E-state index < -0.39 is 0 Å². The van der Waals surface area contributed by atoms with E-state index in [1.165, 1.54) is 18.4 Å². The zero-order chi connectivity index (χ0) is 12.1. The van der Waals surface area contributed by atoms with Crippen LogP contribution in [0, 0.1) is 17.8 Å². The molecule has 0 aromatic heterocycles. The van der Waals surface area contributed by atoms with Crippen molar-refractivity contribution in [3.05, 3.63) is 11.6 Å². The summed E-state index contributed by atoms with van der Waals surface area (Å²) in [4.78, 5) is 0. The third-order valence-electron chi connectivity index (χ3n) is 4.17. The van der Waals surface area contributed by atoms with Gasteiger partial charge in [-0.05, 0) is 56.8 Å². The van der Waals surface area contributed by atoms with Gasteiger partial charge < -0.3 is 5.11 Å². The quantitative estimate of drug-likeness (QED) is 0.663. The van der Waals surface area contributed by atoms with Crippen LogP contribution in [0.3, 0.4) is 0 Å². The van der Waals surface area contributed by atoms with Crippen LogP contribution in [0.2, 0.25) is 0 Å². The average Bonchev–Trinajstić information content (AvgIpc) is 2.22. The largest absolute Gasteiger partial charge is 0.393 e. The highest BCUT2D eigenvalue weighted by molar-refractivity contribution is 4.99. The molecule has 1 aliphatic rings. The van der Waals surface area contributed by atoms with Gasteiger partial charge in [0.25, 0.3) is 0 Å². The average molecular weight is 224 g/mol. The molecular weight excluding hydrogens is 196 g/mol. The van der Waals surface area contributed by atoms with E-state index in [4.69, 9.17) is 0 Å². The second kappa shape index (κ2) is 6.44. The van der Waals surface area contributed by atoms with E-state index in [-0.39, 0.29) is 6.10 Å². The smallest absolute Gasteiger partial charge is 0.0568 e. The first-order chi connectivity index (χ1) is 7.50. The number of aliphatic hydroxyl groups is 1. The van der Waals surface area contributed by atoms with Crippen molar-refractivity contribution in [1.29, 1.82) is 0 Å². The summed E-state index contributed by atoms with van der Waals surface area (Å²) in [5.74, 6) is 1.82. The molecule has 1 rings (SSSR count). The summed E-state index contributed by atoms with van der Waals surface area (Å²) < 4.78 is 0. The lowest BCUT2D eigenvalue weighted by molar-refractivity contribution is 0.0740. The van der Waals surface area contributed by atoms with Gasteiger partial charge in [0.05, 0.1) is 6.10 Å². The second-order valence-corrected chi connectivity index (χ2v) is 5.95. The minimum Gasteiger partial charge on any atom is -0.393 e. The van der Waals surface area contributed by atoms with E-state index in [0.29, 0.717) is 17.8 Å². The molecule has 0 aromatic carbocycles. The Hall–Kier alpha value is -0.300. The topological polar surface area (TPSA) is 20.2 Å². The van der Waals surface area contributed by atoms with Crippen LogP contribution in [0.15, 0.2) is 11.6 Å². The predicted octanol–water partition coefficient (Wildman–Crippen LogP) is 4.17. The summed E-state index contributed by atoms with van der Waals surface area (Å²) in [5.41, 5.74) is 1.54. The van der Waals surface area contributed by atoms with Crippen molar-refractivity contribution in [2.45, 2.75) is 65.9 Å². The van der Waals surface area contributed by atoms with E-state index in [1.54, 1.807) is 0 Å². The summed E-state index contributed by atoms with van der Waals surface area (Å²) in [6.07, 6.45) is 7.98. The molecule has 0 spiro atoms. The van der Waals surface area contributed by atoms with Gasteiger partial charge in [-0.15, -0.1) is 0 Å². The fraction of sp³-hybridized carbons (Fsp3) is 0.867. The van der Waals surface area contributed by atoms with Crippen LogP contribution in [-0.2, 0) is 0 Å². The molecule has 0 bridgehead atoms. The second-order valence-electron chi connectivity index (χ2n) is 5.95. The van der Waals surface area contributed by atoms with Gasteiger partial charge >= 0.3 is 0 Å². The summed E-state index contributed by atoms with van der Waals surface area (Å²) >= 11 is 0. The normalized spacial score (nSPS) is 36.9. The van der Waals surface area contributed by atoms with Crippen LogP contribution in [-0.4, -0.2) is 11.2 Å². The maximum Gasteiger partial charge on any atom is 0.0568 e. The Bertz CT molecular complexity index is 230. The molecule has 0 amide bonds. The van der Waals surface area contributed by atoms with Crippen LogP contribution in [0.4, 0.5) is 0 Å². The first-order valence-corrected chi connectivity index (χ1v) is 6.84.